The van der Waals surface area contributed by atoms with Crippen LogP contribution in [0.5, 0.6) is 0 Å². The summed E-state index contributed by atoms with van der Waals surface area (Å²) in [6.45, 7) is 3.56. The highest BCUT2D eigenvalue weighted by Gasteiger charge is 2.21. The summed E-state index contributed by atoms with van der Waals surface area (Å²) in [7, 11) is 0. The van der Waals surface area contributed by atoms with Crippen molar-refractivity contribution in [2.45, 2.75) is 31.9 Å². The Bertz CT molecular complexity index is 220. The lowest BCUT2D eigenvalue weighted by molar-refractivity contribution is -0.139. The molecule has 0 aliphatic heterocycles. The molecule has 1 amide bonds. The zero-order valence-corrected chi connectivity index (χ0v) is 9.71. The van der Waals surface area contributed by atoms with Crippen molar-refractivity contribution in [1.29, 1.82) is 0 Å². The lowest BCUT2D eigenvalue weighted by atomic mass is 10.1. The number of rotatable bonds is 8. The second-order valence-electron chi connectivity index (χ2n) is 3.54. The maximum Gasteiger partial charge on any atom is 0.327 e. The van der Waals surface area contributed by atoms with Gasteiger partial charge in [-0.3, -0.25) is 4.79 Å². The first-order chi connectivity index (χ1) is 6.93. The monoisotopic (exact) mass is 235 g/mol. The zero-order valence-electron chi connectivity index (χ0n) is 8.90. The molecule has 0 aromatic heterocycles. The van der Waals surface area contributed by atoms with Gasteiger partial charge in [-0.2, -0.15) is 11.8 Å². The van der Waals surface area contributed by atoms with Crippen molar-refractivity contribution in [2.75, 3.05) is 11.5 Å². The van der Waals surface area contributed by atoms with Crippen molar-refractivity contribution in [3.8, 4) is 0 Å². The summed E-state index contributed by atoms with van der Waals surface area (Å²) in [6.07, 6.45) is 0.982. The van der Waals surface area contributed by atoms with Crippen LogP contribution < -0.4 is 5.32 Å². The summed E-state index contributed by atoms with van der Waals surface area (Å²) in [5.41, 5.74) is -0.783. The van der Waals surface area contributed by atoms with E-state index >= 15 is 0 Å². The van der Waals surface area contributed by atoms with Crippen molar-refractivity contribution in [3.63, 3.8) is 0 Å². The average Bonchev–Trinajstić information content (AvgIpc) is 2.16. The minimum Gasteiger partial charge on any atom is -0.480 e. The van der Waals surface area contributed by atoms with Gasteiger partial charge >= 0.3 is 5.97 Å². The van der Waals surface area contributed by atoms with E-state index in [2.05, 4.69) is 5.32 Å². The molecule has 0 bridgehead atoms. The number of carboxylic acid groups (broad SMARTS) is 1. The molecule has 0 heterocycles. The smallest absolute Gasteiger partial charge is 0.327 e. The summed E-state index contributed by atoms with van der Waals surface area (Å²) in [5.74, 6) is -0.358. The maximum atomic E-state index is 10.6. The SMILES string of the molecule is CCC(C)(O)CSCC(NC=O)C(=O)O. The average molecular weight is 235 g/mol. The van der Waals surface area contributed by atoms with Crippen LogP contribution in [-0.4, -0.2) is 45.7 Å². The Hall–Kier alpha value is -0.750. The summed E-state index contributed by atoms with van der Waals surface area (Å²) in [4.78, 5) is 20.7. The number of aliphatic carboxylic acids is 1. The van der Waals surface area contributed by atoms with Crippen molar-refractivity contribution in [3.05, 3.63) is 0 Å². The molecule has 0 aliphatic carbocycles. The van der Waals surface area contributed by atoms with Crippen LogP contribution in [0.25, 0.3) is 0 Å². The summed E-state index contributed by atoms with van der Waals surface area (Å²) in [5, 5.41) is 20.5. The van der Waals surface area contributed by atoms with E-state index in [1.165, 1.54) is 11.8 Å². The number of thioether (sulfide) groups is 1. The maximum absolute atomic E-state index is 10.6. The fourth-order valence-electron chi connectivity index (χ4n) is 0.772. The first-order valence-electron chi connectivity index (χ1n) is 4.65. The van der Waals surface area contributed by atoms with E-state index in [1.54, 1.807) is 6.92 Å². The first-order valence-corrected chi connectivity index (χ1v) is 5.81. The third-order valence-corrected chi connectivity index (χ3v) is 3.42. The van der Waals surface area contributed by atoms with Crippen LogP contribution >= 0.6 is 11.8 Å². The Morgan fingerprint density at radius 2 is 2.27 bits per heavy atom. The molecule has 6 heteroatoms. The van der Waals surface area contributed by atoms with Crippen LogP contribution in [0.2, 0.25) is 0 Å². The van der Waals surface area contributed by atoms with Crippen LogP contribution in [0.4, 0.5) is 0 Å². The van der Waals surface area contributed by atoms with Gasteiger partial charge in [0.25, 0.3) is 0 Å². The third-order valence-electron chi connectivity index (χ3n) is 2.03. The van der Waals surface area contributed by atoms with E-state index in [-0.39, 0.29) is 5.75 Å². The summed E-state index contributed by atoms with van der Waals surface area (Å²) in [6, 6.07) is -0.889. The molecule has 88 valence electrons. The van der Waals surface area contributed by atoms with Crippen molar-refractivity contribution >= 4 is 24.1 Å². The van der Waals surface area contributed by atoms with Gasteiger partial charge in [0, 0.05) is 11.5 Å². The number of carbonyl (C=O) groups is 2. The molecule has 15 heavy (non-hydrogen) atoms. The zero-order chi connectivity index (χ0) is 11.9. The highest BCUT2D eigenvalue weighted by atomic mass is 32.2. The Labute approximate surface area is 93.2 Å². The number of carboxylic acids is 1. The molecular weight excluding hydrogens is 218 g/mol. The number of hydrogen-bond acceptors (Lipinski definition) is 4. The van der Waals surface area contributed by atoms with Crippen LogP contribution in [-0.2, 0) is 9.59 Å². The second-order valence-corrected chi connectivity index (χ2v) is 4.57. The first kappa shape index (κ1) is 14.2. The molecule has 2 atom stereocenters. The van der Waals surface area contributed by atoms with E-state index < -0.39 is 17.6 Å². The predicted molar refractivity (Wildman–Crippen MR) is 58.9 cm³/mol. The largest absolute Gasteiger partial charge is 0.480 e. The lowest BCUT2D eigenvalue weighted by Gasteiger charge is -2.21. The standard InChI is InChI=1S/C9H17NO4S/c1-3-9(2,14)5-15-4-7(8(12)13)10-6-11/h6-7,14H,3-5H2,1-2H3,(H,10,11)(H,12,13). The predicted octanol–water partition coefficient (Wildman–Crippen LogP) is 0.0798. The molecule has 0 aromatic rings. The Morgan fingerprint density at radius 3 is 2.67 bits per heavy atom. The number of hydrogen-bond donors (Lipinski definition) is 3. The molecule has 0 spiro atoms. The fourth-order valence-corrected chi connectivity index (χ4v) is 2.01. The fraction of sp³-hybridized carbons (Fsp3) is 0.778. The minimum absolute atomic E-state index is 0.254. The number of aliphatic hydroxyl groups is 1. The van der Waals surface area contributed by atoms with Crippen LogP contribution in [0, 0.1) is 0 Å². The molecule has 0 radical (unpaired) electrons. The highest BCUT2D eigenvalue weighted by molar-refractivity contribution is 7.99. The molecule has 0 aliphatic rings. The Kier molecular flexibility index (Phi) is 6.35. The van der Waals surface area contributed by atoms with E-state index in [0.717, 1.165) is 0 Å². The normalized spacial score (nSPS) is 16.5. The van der Waals surface area contributed by atoms with E-state index in [1.807, 2.05) is 6.92 Å². The van der Waals surface area contributed by atoms with E-state index in [0.29, 0.717) is 18.6 Å². The van der Waals surface area contributed by atoms with Crippen LogP contribution in [0.3, 0.4) is 0 Å². The molecule has 5 nitrogen and oxygen atoms in total. The van der Waals surface area contributed by atoms with Gasteiger partial charge in [-0.05, 0) is 13.3 Å². The number of amides is 1. The van der Waals surface area contributed by atoms with E-state index in [4.69, 9.17) is 5.11 Å². The highest BCUT2D eigenvalue weighted by Crippen LogP contribution is 2.16. The Balaban J connectivity index is 3.90. The molecule has 0 rings (SSSR count). The molecule has 2 unspecified atom stereocenters. The van der Waals surface area contributed by atoms with Gasteiger partial charge in [0.2, 0.25) is 6.41 Å². The van der Waals surface area contributed by atoms with Crippen molar-refractivity contribution in [1.82, 2.24) is 5.32 Å². The third kappa shape index (κ3) is 6.35. The summed E-state index contributed by atoms with van der Waals surface area (Å²) < 4.78 is 0. The van der Waals surface area contributed by atoms with Crippen molar-refractivity contribution < 1.29 is 19.8 Å². The number of nitrogens with one attached hydrogen (secondary N) is 1. The van der Waals surface area contributed by atoms with Gasteiger partial charge in [0.05, 0.1) is 5.60 Å². The summed E-state index contributed by atoms with van der Waals surface area (Å²) >= 11 is 1.31. The van der Waals surface area contributed by atoms with Gasteiger partial charge in [-0.1, -0.05) is 6.92 Å². The van der Waals surface area contributed by atoms with Gasteiger partial charge < -0.3 is 15.5 Å². The van der Waals surface area contributed by atoms with Gasteiger partial charge in [-0.15, -0.1) is 0 Å². The van der Waals surface area contributed by atoms with E-state index in [9.17, 15) is 14.7 Å². The van der Waals surface area contributed by atoms with Gasteiger partial charge in [0.1, 0.15) is 6.04 Å². The molecule has 0 fully saturated rings. The van der Waals surface area contributed by atoms with Crippen LogP contribution in [0.1, 0.15) is 20.3 Å². The minimum atomic E-state index is -1.06. The topological polar surface area (TPSA) is 86.6 Å². The van der Waals surface area contributed by atoms with Gasteiger partial charge in [-0.25, -0.2) is 4.79 Å². The van der Waals surface area contributed by atoms with Gasteiger partial charge in [0.15, 0.2) is 0 Å². The second kappa shape index (κ2) is 6.68. The molecule has 3 N–H and O–H groups in total. The molecular formula is C9H17NO4S. The Morgan fingerprint density at radius 1 is 1.67 bits per heavy atom. The molecule has 0 aromatic carbocycles. The number of carbonyl (C=O) groups excluding carboxylic acids is 1. The lowest BCUT2D eigenvalue weighted by Crippen LogP contribution is -2.38. The molecule has 0 saturated heterocycles. The quantitative estimate of drug-likeness (QED) is 0.519. The van der Waals surface area contributed by atoms with Crippen molar-refractivity contribution in [2.24, 2.45) is 0 Å². The van der Waals surface area contributed by atoms with Crippen LogP contribution in [0.15, 0.2) is 0 Å². The molecule has 0 saturated carbocycles.